The van der Waals surface area contributed by atoms with Gasteiger partial charge in [0.2, 0.25) is 17.7 Å². The Bertz CT molecular complexity index is 1110. The van der Waals surface area contributed by atoms with Crippen molar-refractivity contribution in [1.29, 1.82) is 0 Å². The molecule has 4 aliphatic carbocycles. The summed E-state index contributed by atoms with van der Waals surface area (Å²) in [5.74, 6) is 0.658. The number of allylic oxidation sites excluding steroid dienone is 2. The van der Waals surface area contributed by atoms with Crippen LogP contribution >= 0.6 is 0 Å². The molecular weight excluding hydrogens is 416 g/mol. The number of carbonyl (C=O) groups excluding carboxylic acids is 3. The van der Waals surface area contributed by atoms with E-state index in [-0.39, 0.29) is 47.8 Å². The number of carbonyl (C=O) groups is 3. The number of amides is 3. The highest BCUT2D eigenvalue weighted by molar-refractivity contribution is 6.10. The summed E-state index contributed by atoms with van der Waals surface area (Å²) in [6, 6.07) is 15.7. The number of anilines is 1. The first kappa shape index (κ1) is 20.2. The number of nitrogens with one attached hydrogen (secondary N) is 1. The Morgan fingerprint density at radius 3 is 2.15 bits per heavy atom. The number of likely N-dealkylation sites (tertiary alicyclic amines) is 1. The van der Waals surface area contributed by atoms with E-state index in [1.54, 1.807) is 31.4 Å². The van der Waals surface area contributed by atoms with Crippen molar-refractivity contribution in [2.75, 3.05) is 12.4 Å². The Morgan fingerprint density at radius 2 is 1.58 bits per heavy atom. The average Bonchev–Trinajstić information content (AvgIpc) is 3.62. The molecule has 1 N–H and O–H groups in total. The first-order valence-corrected chi connectivity index (χ1v) is 11.6. The molecule has 0 spiro atoms. The fraction of sp³-hybridized carbons (Fsp3) is 0.370. The van der Waals surface area contributed by atoms with Crippen LogP contribution in [0, 0.1) is 35.5 Å². The first-order chi connectivity index (χ1) is 16.1. The van der Waals surface area contributed by atoms with Crippen LogP contribution < -0.4 is 10.1 Å². The smallest absolute Gasteiger partial charge is 0.248 e. The van der Waals surface area contributed by atoms with Gasteiger partial charge < -0.3 is 10.1 Å². The molecule has 168 valence electrons. The van der Waals surface area contributed by atoms with Crippen molar-refractivity contribution in [1.82, 2.24) is 4.90 Å². The summed E-state index contributed by atoms with van der Waals surface area (Å²) in [6.07, 6.45) is 5.70. The molecule has 0 radical (unpaired) electrons. The highest BCUT2D eigenvalue weighted by atomic mass is 16.5. The molecule has 6 nitrogen and oxygen atoms in total. The van der Waals surface area contributed by atoms with Crippen molar-refractivity contribution >= 4 is 23.4 Å². The predicted molar refractivity (Wildman–Crippen MR) is 122 cm³/mol. The lowest BCUT2D eigenvalue weighted by atomic mass is 9.63. The lowest BCUT2D eigenvalue weighted by molar-refractivity contribution is -0.146. The molecule has 3 fully saturated rings. The molecule has 7 rings (SSSR count). The number of ether oxygens (including phenoxy) is 1. The molecule has 1 aliphatic heterocycles. The summed E-state index contributed by atoms with van der Waals surface area (Å²) >= 11 is 0. The Kier molecular flexibility index (Phi) is 4.64. The van der Waals surface area contributed by atoms with Gasteiger partial charge in [-0.1, -0.05) is 42.5 Å². The molecule has 2 aromatic rings. The largest absolute Gasteiger partial charge is 0.497 e. The molecule has 0 aromatic heterocycles. The Balaban J connectivity index is 1.31. The zero-order valence-electron chi connectivity index (χ0n) is 18.4. The molecule has 1 heterocycles. The minimum Gasteiger partial charge on any atom is -0.497 e. The van der Waals surface area contributed by atoms with Gasteiger partial charge in [0.25, 0.3) is 0 Å². The molecule has 6 heteroatoms. The van der Waals surface area contributed by atoms with E-state index in [2.05, 4.69) is 17.5 Å². The lowest BCUT2D eigenvalue weighted by Crippen LogP contribution is -2.49. The lowest BCUT2D eigenvalue weighted by Gasteiger charge is -2.37. The van der Waals surface area contributed by atoms with Crippen LogP contribution in [0.2, 0.25) is 0 Å². The summed E-state index contributed by atoms with van der Waals surface area (Å²) in [4.78, 5) is 42.1. The van der Waals surface area contributed by atoms with Crippen molar-refractivity contribution in [2.45, 2.75) is 18.9 Å². The van der Waals surface area contributed by atoms with E-state index in [1.165, 1.54) is 4.90 Å². The van der Waals surface area contributed by atoms with Gasteiger partial charge in [0.05, 0.1) is 18.9 Å². The number of rotatable bonds is 6. The van der Waals surface area contributed by atoms with Crippen LogP contribution in [0.4, 0.5) is 5.69 Å². The predicted octanol–water partition coefficient (Wildman–Crippen LogP) is 3.30. The molecule has 2 saturated carbocycles. The van der Waals surface area contributed by atoms with Gasteiger partial charge in [-0.15, -0.1) is 0 Å². The van der Waals surface area contributed by atoms with Gasteiger partial charge in [-0.05, 0) is 59.9 Å². The van der Waals surface area contributed by atoms with Gasteiger partial charge in [-0.2, -0.15) is 0 Å². The van der Waals surface area contributed by atoms with Crippen LogP contribution in [0.5, 0.6) is 5.75 Å². The van der Waals surface area contributed by atoms with E-state index in [4.69, 9.17) is 4.74 Å². The van der Waals surface area contributed by atoms with Crippen molar-refractivity contribution in [2.24, 2.45) is 35.5 Å². The third-order valence-electron chi connectivity index (χ3n) is 7.94. The zero-order valence-corrected chi connectivity index (χ0v) is 18.4. The van der Waals surface area contributed by atoms with Gasteiger partial charge in [-0.25, -0.2) is 0 Å². The van der Waals surface area contributed by atoms with Crippen molar-refractivity contribution < 1.29 is 19.1 Å². The number of hydrogen-bond donors (Lipinski definition) is 1. The molecule has 33 heavy (non-hydrogen) atoms. The fourth-order valence-electron chi connectivity index (χ4n) is 6.33. The normalized spacial score (nSPS) is 31.7. The summed E-state index contributed by atoms with van der Waals surface area (Å²) in [5, 5.41) is 2.91. The maximum absolute atomic E-state index is 13.7. The Morgan fingerprint density at radius 1 is 0.970 bits per heavy atom. The van der Waals surface area contributed by atoms with Crippen molar-refractivity contribution in [3.63, 3.8) is 0 Å². The highest BCUT2D eigenvalue weighted by Gasteiger charge is 2.67. The minimum absolute atomic E-state index is 0.133. The molecule has 1 saturated heterocycles. The summed E-state index contributed by atoms with van der Waals surface area (Å²) < 4.78 is 5.19. The van der Waals surface area contributed by atoms with Crippen molar-refractivity contribution in [3.8, 4) is 5.75 Å². The summed E-state index contributed by atoms with van der Waals surface area (Å²) in [6.45, 7) is 0. The molecular formula is C27H26N2O4. The van der Waals surface area contributed by atoms with Crippen LogP contribution in [0.3, 0.4) is 0 Å². The van der Waals surface area contributed by atoms with Crippen LogP contribution in [-0.2, 0) is 20.8 Å². The second-order valence-corrected chi connectivity index (χ2v) is 9.62. The number of benzene rings is 2. The monoisotopic (exact) mass is 442 g/mol. The number of methoxy groups -OCH3 is 1. The topological polar surface area (TPSA) is 75.7 Å². The van der Waals surface area contributed by atoms with Crippen molar-refractivity contribution in [3.05, 3.63) is 72.3 Å². The van der Waals surface area contributed by atoms with Crippen LogP contribution in [0.1, 0.15) is 12.0 Å². The SMILES string of the molecule is COc1ccc(NC(=O)[C@H](Cc2ccccc2)N2C(=O)[C@@H]3[C@H]4C=C[C@@H]([C@@H]5C[C@@H]45)[C@@H]3C2=O)cc1. The van der Waals surface area contributed by atoms with Crippen LogP contribution in [0.25, 0.3) is 0 Å². The highest BCUT2D eigenvalue weighted by Crippen LogP contribution is 2.65. The van der Waals surface area contributed by atoms with E-state index in [1.807, 2.05) is 30.3 Å². The third kappa shape index (κ3) is 3.19. The van der Waals surface area contributed by atoms with E-state index in [0.29, 0.717) is 23.3 Å². The van der Waals surface area contributed by atoms with E-state index in [9.17, 15) is 14.4 Å². The Hall–Kier alpha value is -3.41. The van der Waals surface area contributed by atoms with Gasteiger partial charge >= 0.3 is 0 Å². The van der Waals surface area contributed by atoms with Gasteiger partial charge in [0, 0.05) is 12.1 Å². The van der Waals surface area contributed by atoms with Crippen LogP contribution in [-0.4, -0.2) is 35.8 Å². The summed E-state index contributed by atoms with van der Waals surface area (Å²) in [7, 11) is 1.58. The molecule has 2 aromatic carbocycles. The third-order valence-corrected chi connectivity index (χ3v) is 7.94. The molecule has 7 atom stereocenters. The summed E-state index contributed by atoms with van der Waals surface area (Å²) in [5.41, 5.74) is 1.50. The number of nitrogens with zero attached hydrogens (tertiary/aromatic N) is 1. The fourth-order valence-corrected chi connectivity index (χ4v) is 6.33. The van der Waals surface area contributed by atoms with E-state index in [0.717, 1.165) is 12.0 Å². The van der Waals surface area contributed by atoms with E-state index < -0.39 is 6.04 Å². The van der Waals surface area contributed by atoms with E-state index >= 15 is 0 Å². The molecule has 2 bridgehead atoms. The second-order valence-electron chi connectivity index (χ2n) is 9.62. The van der Waals surface area contributed by atoms with Gasteiger partial charge in [0.1, 0.15) is 11.8 Å². The first-order valence-electron chi connectivity index (χ1n) is 11.6. The van der Waals surface area contributed by atoms with Crippen LogP contribution in [0.15, 0.2) is 66.7 Å². The van der Waals surface area contributed by atoms with Gasteiger partial charge in [0.15, 0.2) is 0 Å². The minimum atomic E-state index is -0.893. The quantitative estimate of drug-likeness (QED) is 0.550. The maximum atomic E-state index is 13.7. The second kappa shape index (κ2) is 7.58. The molecule has 3 amide bonds. The zero-order chi connectivity index (χ0) is 22.7. The maximum Gasteiger partial charge on any atom is 0.248 e. The number of imide groups is 1. The van der Waals surface area contributed by atoms with Gasteiger partial charge in [-0.3, -0.25) is 19.3 Å². The molecule has 5 aliphatic rings. The molecule has 0 unspecified atom stereocenters. The average molecular weight is 443 g/mol. The Labute approximate surface area is 192 Å². The number of hydrogen-bond acceptors (Lipinski definition) is 4. The standard InChI is InChI=1S/C27H26N2O4/c1-33-17-9-7-16(8-10-17)28-25(30)22(13-15-5-3-2-4-6-15)29-26(31)23-18-11-12-19(21-14-20(18)21)24(23)27(29)32/h2-12,18-24H,13-14H2,1H3,(H,28,30)/t18-,19-,20-,21-,22-,23-,24+/m0/s1.